The number of nitrogens with two attached hydrogens (primary N) is 3. The maximum Gasteiger partial charge on any atom is 0.326 e. The number of benzene rings is 1. The molecule has 0 spiro atoms. The van der Waals surface area contributed by atoms with Gasteiger partial charge in [-0.1, -0.05) is 46.2 Å². The van der Waals surface area contributed by atoms with Crippen molar-refractivity contribution in [2.24, 2.45) is 34.0 Å². The molecule has 3 rings (SSSR count). The molecule has 68 heavy (non-hydrogen) atoms. The molecular weight excluding hydrogens is 893 g/mol. The van der Waals surface area contributed by atoms with Gasteiger partial charge in [-0.2, -0.15) is 0 Å². The third-order valence-corrected chi connectivity index (χ3v) is 10.8. The largest absolute Gasteiger partial charge is 0.508 e. The summed E-state index contributed by atoms with van der Waals surface area (Å²) in [6, 6.07) is -3.26. The fourth-order valence-corrected chi connectivity index (χ4v) is 6.98. The smallest absolute Gasteiger partial charge is 0.326 e. The summed E-state index contributed by atoms with van der Waals surface area (Å²) in [5.74, 6) is -9.50. The van der Waals surface area contributed by atoms with Gasteiger partial charge in [0.2, 0.25) is 35.4 Å². The number of likely N-dealkylation sites (tertiary alicyclic amines) is 1. The summed E-state index contributed by atoms with van der Waals surface area (Å²) >= 11 is 0. The van der Waals surface area contributed by atoms with E-state index in [9.17, 15) is 48.6 Å². The van der Waals surface area contributed by atoms with Gasteiger partial charge in [-0.3, -0.25) is 43.3 Å². The molecule has 0 bridgehead atoms. The molecule has 6 amide bonds. The number of rotatable bonds is 25. The predicted molar refractivity (Wildman–Crippen MR) is 244 cm³/mol. The number of guanidine groups is 1. The molecule has 25 heteroatoms. The van der Waals surface area contributed by atoms with Crippen molar-refractivity contribution >= 4 is 59.3 Å². The average Bonchev–Trinajstić information content (AvgIpc) is 3.98. The fraction of sp³-hybridized carbons (Fsp3) is 0.558. The topological polar surface area (TPSA) is 417 Å². The molecule has 376 valence electrons. The first kappa shape index (κ1) is 56.8. The lowest BCUT2D eigenvalue weighted by atomic mass is 9.96. The molecule has 1 aliphatic heterocycles. The number of imidazole rings is 1. The Balaban J connectivity index is 0.00000381. The van der Waals surface area contributed by atoms with Crippen molar-refractivity contribution in [3.63, 3.8) is 0 Å². The van der Waals surface area contributed by atoms with Gasteiger partial charge >= 0.3 is 11.9 Å². The number of phenolic OH excluding ortho intramolecular Hbond substituents is 1. The minimum Gasteiger partial charge on any atom is -0.508 e. The summed E-state index contributed by atoms with van der Waals surface area (Å²) < 4.78 is 0. The molecule has 1 aliphatic rings. The van der Waals surface area contributed by atoms with Crippen molar-refractivity contribution in [1.29, 1.82) is 0 Å². The molecule has 2 aromatic rings. The molecule has 2 heterocycles. The number of aromatic hydroxyl groups is 1. The highest BCUT2D eigenvalue weighted by atomic mass is 16.4. The number of hydrogen-bond donors (Lipinski definition) is 13. The number of hydrogen-bond acceptors (Lipinski definition) is 13. The molecule has 16 N–H and O–H groups in total. The van der Waals surface area contributed by atoms with E-state index in [1.54, 1.807) is 27.7 Å². The minimum atomic E-state index is -1.49. The van der Waals surface area contributed by atoms with Gasteiger partial charge in [0.05, 0.1) is 18.8 Å². The molecule has 0 radical (unpaired) electrons. The number of H-pyrrole nitrogens is 1. The highest BCUT2D eigenvalue weighted by Crippen LogP contribution is 2.20. The minimum absolute atomic E-state index is 0.0436. The lowest BCUT2D eigenvalue weighted by Crippen LogP contribution is -2.62. The number of carbonyl (C=O) groups is 9. The number of carboxylic acid groups (broad SMARTS) is 3. The maximum atomic E-state index is 14.3. The fourth-order valence-electron chi connectivity index (χ4n) is 6.98. The molecule has 1 saturated heterocycles. The monoisotopic (exact) mass is 958 g/mol. The Morgan fingerprint density at radius 3 is 1.94 bits per heavy atom. The summed E-state index contributed by atoms with van der Waals surface area (Å²) in [6.45, 7) is 8.07. The molecule has 8 unspecified atom stereocenters. The highest BCUT2D eigenvalue weighted by molar-refractivity contribution is 5.97. The van der Waals surface area contributed by atoms with Crippen molar-refractivity contribution < 1.29 is 63.6 Å². The van der Waals surface area contributed by atoms with Crippen LogP contribution < -0.4 is 43.8 Å². The average molecular weight is 959 g/mol. The Bertz CT molecular complexity index is 2060. The van der Waals surface area contributed by atoms with Crippen LogP contribution in [-0.4, -0.2) is 150 Å². The van der Waals surface area contributed by atoms with E-state index in [4.69, 9.17) is 32.2 Å². The number of aromatic nitrogens is 2. The van der Waals surface area contributed by atoms with Crippen LogP contribution in [-0.2, 0) is 56.0 Å². The second kappa shape index (κ2) is 28.0. The zero-order valence-corrected chi connectivity index (χ0v) is 38.8. The summed E-state index contributed by atoms with van der Waals surface area (Å²) in [4.78, 5) is 127. The number of amides is 6. The number of carbonyl (C=O) groups excluding carboxylic acids is 6. The number of nitrogens with one attached hydrogen (secondary N) is 6. The van der Waals surface area contributed by atoms with Crippen LogP contribution in [0, 0.1) is 11.8 Å². The van der Waals surface area contributed by atoms with Crippen molar-refractivity contribution in [2.45, 2.75) is 128 Å². The van der Waals surface area contributed by atoms with Crippen LogP contribution in [0.5, 0.6) is 5.75 Å². The van der Waals surface area contributed by atoms with Crippen LogP contribution in [0.3, 0.4) is 0 Å². The molecular formula is C43H66N12O13. The molecule has 0 saturated carbocycles. The number of carboxylic acids is 3. The lowest BCUT2D eigenvalue weighted by Gasteiger charge is -2.31. The van der Waals surface area contributed by atoms with E-state index in [-0.39, 0.29) is 56.9 Å². The van der Waals surface area contributed by atoms with E-state index < -0.39 is 114 Å². The number of nitrogens with zero attached hydrogens (tertiary/aromatic N) is 3. The SMILES string of the molecule is CC(=O)O.CCC(C)C(NC(=O)C(Cc1ccc(O)cc1)NC(=O)C(NC(=O)C(CCCN=C(N)N)NC(=O)C(N)CC(=O)O)C(C)C)C(=O)NC(Cc1cnc[nH]1)C(=O)N1CCCC1C(=O)O. The summed E-state index contributed by atoms with van der Waals surface area (Å²) in [5, 5.41) is 49.5. The second-order valence-electron chi connectivity index (χ2n) is 16.6. The quantitative estimate of drug-likeness (QED) is 0.0292. The highest BCUT2D eigenvalue weighted by Gasteiger charge is 2.40. The maximum absolute atomic E-state index is 14.3. The number of aromatic amines is 1. The van der Waals surface area contributed by atoms with Gasteiger partial charge < -0.3 is 74.1 Å². The number of phenols is 1. The van der Waals surface area contributed by atoms with Crippen molar-refractivity contribution in [3.05, 3.63) is 48.0 Å². The Morgan fingerprint density at radius 1 is 0.824 bits per heavy atom. The van der Waals surface area contributed by atoms with Crippen molar-refractivity contribution in [3.8, 4) is 5.75 Å². The van der Waals surface area contributed by atoms with Gasteiger partial charge in [0.15, 0.2) is 5.96 Å². The van der Waals surface area contributed by atoms with Crippen LogP contribution in [0.1, 0.15) is 84.4 Å². The van der Waals surface area contributed by atoms with Gasteiger partial charge in [-0.05, 0) is 55.2 Å². The third kappa shape index (κ3) is 19.3. The zero-order chi connectivity index (χ0) is 51.2. The summed E-state index contributed by atoms with van der Waals surface area (Å²) in [5.41, 5.74) is 17.5. The van der Waals surface area contributed by atoms with Gasteiger partial charge in [0.1, 0.15) is 42.0 Å². The van der Waals surface area contributed by atoms with Gasteiger partial charge in [0.25, 0.3) is 5.97 Å². The van der Waals surface area contributed by atoms with Crippen LogP contribution in [0.25, 0.3) is 0 Å². The van der Waals surface area contributed by atoms with E-state index in [1.165, 1.54) is 41.7 Å². The van der Waals surface area contributed by atoms with Crippen LogP contribution >= 0.6 is 0 Å². The Kier molecular flexibility index (Phi) is 23.4. The Morgan fingerprint density at radius 2 is 1.40 bits per heavy atom. The van der Waals surface area contributed by atoms with Gasteiger partial charge in [0, 0.05) is 44.7 Å². The van der Waals surface area contributed by atoms with E-state index in [1.807, 2.05) is 0 Å². The molecule has 0 aliphatic carbocycles. The summed E-state index contributed by atoms with van der Waals surface area (Å²) in [6.07, 6.45) is 3.14. The normalized spacial score (nSPS) is 16.2. The predicted octanol–water partition coefficient (Wildman–Crippen LogP) is -1.95. The van der Waals surface area contributed by atoms with E-state index in [0.717, 1.165) is 6.92 Å². The van der Waals surface area contributed by atoms with Crippen molar-refractivity contribution in [1.82, 2.24) is 41.5 Å². The second-order valence-corrected chi connectivity index (χ2v) is 16.6. The number of aliphatic carboxylic acids is 3. The molecule has 1 fully saturated rings. The van der Waals surface area contributed by atoms with Gasteiger partial charge in [-0.25, -0.2) is 9.78 Å². The first-order valence-electron chi connectivity index (χ1n) is 22.0. The lowest BCUT2D eigenvalue weighted by molar-refractivity contribution is -0.149. The molecule has 8 atom stereocenters. The van der Waals surface area contributed by atoms with E-state index in [2.05, 4.69) is 41.5 Å². The Hall–Kier alpha value is -7.31. The molecule has 1 aromatic heterocycles. The van der Waals surface area contributed by atoms with E-state index in [0.29, 0.717) is 24.1 Å². The summed E-state index contributed by atoms with van der Waals surface area (Å²) in [7, 11) is 0. The Labute approximate surface area is 392 Å². The standard InChI is InChI=1S/C41H62N12O11.C2H4O2/c1-5-22(4)33(38(61)50-29(17-24-19-45-20-47-24)39(62)53-15-7-9-30(53)40(63)64)52-36(59)28(16-23-10-12-25(54)13-11-23)49-37(60)32(21(2)3)51-35(58)27(8-6-14-46-41(43)44)48-34(57)26(42)18-31(55)56;1-2(3)4/h10-13,19-22,26-30,32-33,54H,5-9,14-18,42H2,1-4H3,(H,45,47)(H,48,57)(H,49,60)(H,50,61)(H,51,58)(H,52,59)(H,55,56)(H,63,64)(H4,43,44,46);1H3,(H,3,4). The van der Waals surface area contributed by atoms with Crippen molar-refractivity contribution in [2.75, 3.05) is 13.1 Å². The van der Waals surface area contributed by atoms with Crippen LogP contribution in [0.2, 0.25) is 0 Å². The third-order valence-electron chi connectivity index (χ3n) is 10.8. The first-order chi connectivity index (χ1) is 31.9. The van der Waals surface area contributed by atoms with Crippen LogP contribution in [0.15, 0.2) is 41.8 Å². The molecule has 1 aromatic carbocycles. The van der Waals surface area contributed by atoms with Crippen LogP contribution in [0.4, 0.5) is 0 Å². The van der Waals surface area contributed by atoms with Gasteiger partial charge in [-0.15, -0.1) is 0 Å². The van der Waals surface area contributed by atoms with E-state index >= 15 is 0 Å². The molecule has 25 nitrogen and oxygen atoms in total. The first-order valence-corrected chi connectivity index (χ1v) is 22.0. The number of aliphatic imine (C=N–C) groups is 1. The zero-order valence-electron chi connectivity index (χ0n) is 38.8.